The smallest absolute Gasteiger partial charge is 0.172 e. The third-order valence-corrected chi connectivity index (χ3v) is 2.72. The topological polar surface area (TPSA) is 59.4 Å². The molecule has 0 fully saturated rings. The van der Waals surface area contributed by atoms with Crippen LogP contribution < -0.4 is 4.74 Å². The maximum absolute atomic E-state index is 10.6. The number of aromatic nitrogens is 1. The quantitative estimate of drug-likeness (QED) is 0.865. The van der Waals surface area contributed by atoms with E-state index < -0.39 is 0 Å². The van der Waals surface area contributed by atoms with Gasteiger partial charge in [0.05, 0.1) is 7.11 Å². The average Bonchev–Trinajstić information content (AvgIpc) is 2.38. The first-order chi connectivity index (χ1) is 8.65. The van der Waals surface area contributed by atoms with Gasteiger partial charge in [0.2, 0.25) is 0 Å². The summed E-state index contributed by atoms with van der Waals surface area (Å²) in [6, 6.07) is 6.58. The summed E-state index contributed by atoms with van der Waals surface area (Å²) in [6.07, 6.45) is 1.98. The minimum atomic E-state index is -0.176. The van der Waals surface area contributed by atoms with Crippen LogP contribution in [0.5, 0.6) is 11.5 Å². The summed E-state index contributed by atoms with van der Waals surface area (Å²) in [7, 11) is 1.54. The van der Waals surface area contributed by atoms with E-state index in [-0.39, 0.29) is 11.4 Å². The molecule has 1 aromatic heterocycles. The van der Waals surface area contributed by atoms with Gasteiger partial charge < -0.3 is 9.84 Å². The highest BCUT2D eigenvalue weighted by atomic mass is 35.5. The largest absolute Gasteiger partial charge is 0.506 e. The van der Waals surface area contributed by atoms with Gasteiger partial charge in [0, 0.05) is 22.3 Å². The zero-order valence-electron chi connectivity index (χ0n) is 9.55. The van der Waals surface area contributed by atoms with Gasteiger partial charge in [-0.15, -0.1) is 0 Å². The molecule has 0 saturated carbocycles. The van der Waals surface area contributed by atoms with Crippen molar-refractivity contribution < 1.29 is 14.6 Å². The molecule has 1 heterocycles. The third kappa shape index (κ3) is 2.28. The standard InChI is InChI=1S/C13H10ClNO3/c1-18-13-3-2-9(14)5-10(13)8-4-12(17)11(7-16)15-6-8/h2-7,17H,1H3. The lowest BCUT2D eigenvalue weighted by atomic mass is 10.1. The van der Waals surface area contributed by atoms with Crippen LogP contribution in [0.15, 0.2) is 30.5 Å². The lowest BCUT2D eigenvalue weighted by Crippen LogP contribution is -1.91. The molecule has 1 aromatic carbocycles. The predicted molar refractivity (Wildman–Crippen MR) is 68.3 cm³/mol. The van der Waals surface area contributed by atoms with Crippen molar-refractivity contribution in [1.29, 1.82) is 0 Å². The van der Waals surface area contributed by atoms with Crippen LogP contribution in [0.4, 0.5) is 0 Å². The summed E-state index contributed by atoms with van der Waals surface area (Å²) in [5.74, 6) is 0.434. The molecule has 0 atom stereocenters. The van der Waals surface area contributed by atoms with Crippen molar-refractivity contribution in [3.63, 3.8) is 0 Å². The van der Waals surface area contributed by atoms with E-state index in [9.17, 15) is 9.90 Å². The lowest BCUT2D eigenvalue weighted by molar-refractivity contribution is 0.111. The minimum Gasteiger partial charge on any atom is -0.506 e. The maximum atomic E-state index is 10.6. The number of carbonyl (C=O) groups excluding carboxylic acids is 1. The van der Waals surface area contributed by atoms with Gasteiger partial charge in [-0.1, -0.05) is 11.6 Å². The number of pyridine rings is 1. The molecule has 18 heavy (non-hydrogen) atoms. The number of rotatable bonds is 3. The Hall–Kier alpha value is -2.07. The maximum Gasteiger partial charge on any atom is 0.172 e. The van der Waals surface area contributed by atoms with Crippen LogP contribution in [0.1, 0.15) is 10.5 Å². The van der Waals surface area contributed by atoms with E-state index >= 15 is 0 Å². The van der Waals surface area contributed by atoms with E-state index in [0.717, 1.165) is 0 Å². The van der Waals surface area contributed by atoms with Crippen LogP contribution in [-0.2, 0) is 0 Å². The normalized spacial score (nSPS) is 10.1. The van der Waals surface area contributed by atoms with Crippen molar-refractivity contribution in [3.05, 3.63) is 41.2 Å². The Morgan fingerprint density at radius 3 is 2.78 bits per heavy atom. The van der Waals surface area contributed by atoms with E-state index in [0.29, 0.717) is 28.2 Å². The molecule has 1 N–H and O–H groups in total. The van der Waals surface area contributed by atoms with Gasteiger partial charge in [0.15, 0.2) is 6.29 Å². The summed E-state index contributed by atoms with van der Waals surface area (Å²) in [4.78, 5) is 14.4. The number of halogens is 1. The monoisotopic (exact) mass is 263 g/mol. The molecule has 92 valence electrons. The lowest BCUT2D eigenvalue weighted by Gasteiger charge is -2.09. The number of ether oxygens (including phenoxy) is 1. The Kier molecular flexibility index (Phi) is 3.48. The first kappa shape index (κ1) is 12.4. The van der Waals surface area contributed by atoms with Crippen LogP contribution in [0.25, 0.3) is 11.1 Å². The third-order valence-electron chi connectivity index (χ3n) is 2.48. The molecule has 0 spiro atoms. The predicted octanol–water partition coefficient (Wildman–Crippen LogP) is 2.93. The van der Waals surface area contributed by atoms with Crippen molar-refractivity contribution >= 4 is 17.9 Å². The van der Waals surface area contributed by atoms with Crippen LogP contribution in [0, 0.1) is 0 Å². The molecule has 2 aromatic rings. The number of aromatic hydroxyl groups is 1. The number of benzene rings is 1. The number of methoxy groups -OCH3 is 1. The zero-order valence-corrected chi connectivity index (χ0v) is 10.3. The second kappa shape index (κ2) is 5.06. The molecule has 0 bridgehead atoms. The van der Waals surface area contributed by atoms with Crippen molar-refractivity contribution in [2.45, 2.75) is 0 Å². The first-order valence-corrected chi connectivity index (χ1v) is 5.51. The highest BCUT2D eigenvalue weighted by Crippen LogP contribution is 2.33. The number of nitrogens with zero attached hydrogens (tertiary/aromatic N) is 1. The molecule has 4 nitrogen and oxygen atoms in total. The Labute approximate surface area is 109 Å². The molecule has 0 aliphatic carbocycles. The molecule has 0 amide bonds. The van der Waals surface area contributed by atoms with Gasteiger partial charge in [-0.2, -0.15) is 0 Å². The van der Waals surface area contributed by atoms with Crippen LogP contribution in [0.2, 0.25) is 5.02 Å². The summed E-state index contributed by atoms with van der Waals surface area (Å²) in [5.41, 5.74) is 1.32. The van der Waals surface area contributed by atoms with Gasteiger partial charge in [0.1, 0.15) is 17.2 Å². The summed E-state index contributed by atoms with van der Waals surface area (Å²) >= 11 is 5.93. The Bertz CT molecular complexity index is 599. The molecule has 5 heteroatoms. The molecule has 0 unspecified atom stereocenters. The van der Waals surface area contributed by atoms with Gasteiger partial charge in [-0.3, -0.25) is 4.79 Å². The fraction of sp³-hybridized carbons (Fsp3) is 0.0769. The van der Waals surface area contributed by atoms with Crippen LogP contribution in [0.3, 0.4) is 0 Å². The SMILES string of the molecule is COc1ccc(Cl)cc1-c1cnc(C=O)c(O)c1. The van der Waals surface area contributed by atoms with Gasteiger partial charge in [-0.05, 0) is 24.3 Å². The molecular weight excluding hydrogens is 254 g/mol. The minimum absolute atomic E-state index is 0.000236. The second-order valence-electron chi connectivity index (χ2n) is 3.59. The highest BCUT2D eigenvalue weighted by Gasteiger charge is 2.10. The highest BCUT2D eigenvalue weighted by molar-refractivity contribution is 6.31. The average molecular weight is 264 g/mol. The Morgan fingerprint density at radius 1 is 1.39 bits per heavy atom. The molecule has 2 rings (SSSR count). The van der Waals surface area contributed by atoms with E-state index in [2.05, 4.69) is 4.98 Å². The van der Waals surface area contributed by atoms with Crippen molar-refractivity contribution in [2.24, 2.45) is 0 Å². The second-order valence-corrected chi connectivity index (χ2v) is 4.03. The van der Waals surface area contributed by atoms with E-state index in [1.165, 1.54) is 12.3 Å². The van der Waals surface area contributed by atoms with Gasteiger partial charge in [-0.25, -0.2) is 4.98 Å². The zero-order chi connectivity index (χ0) is 13.1. The fourth-order valence-electron chi connectivity index (χ4n) is 1.61. The van der Waals surface area contributed by atoms with Gasteiger partial charge >= 0.3 is 0 Å². The van der Waals surface area contributed by atoms with Crippen molar-refractivity contribution in [3.8, 4) is 22.6 Å². The molecule has 0 saturated heterocycles. The fourth-order valence-corrected chi connectivity index (χ4v) is 1.78. The summed E-state index contributed by atoms with van der Waals surface area (Å²) in [6.45, 7) is 0. The van der Waals surface area contributed by atoms with Gasteiger partial charge in [0.25, 0.3) is 0 Å². The Balaban J connectivity index is 2.57. The van der Waals surface area contributed by atoms with Crippen LogP contribution >= 0.6 is 11.6 Å². The number of carbonyl (C=O) groups is 1. The van der Waals surface area contributed by atoms with Crippen LogP contribution in [-0.4, -0.2) is 23.5 Å². The molecule has 0 aliphatic heterocycles. The van der Waals surface area contributed by atoms with Crippen molar-refractivity contribution in [2.75, 3.05) is 7.11 Å². The summed E-state index contributed by atoms with van der Waals surface area (Å²) < 4.78 is 5.21. The first-order valence-electron chi connectivity index (χ1n) is 5.14. The van der Waals surface area contributed by atoms with E-state index in [4.69, 9.17) is 16.3 Å². The van der Waals surface area contributed by atoms with E-state index in [1.807, 2.05) is 0 Å². The summed E-state index contributed by atoms with van der Waals surface area (Å²) in [5, 5.41) is 10.2. The number of hydrogen-bond acceptors (Lipinski definition) is 4. The number of aldehydes is 1. The van der Waals surface area contributed by atoms with Crippen molar-refractivity contribution in [1.82, 2.24) is 4.98 Å². The molecular formula is C13H10ClNO3. The molecule has 0 radical (unpaired) electrons. The molecule has 0 aliphatic rings. The Morgan fingerprint density at radius 2 is 2.17 bits per heavy atom. The van der Waals surface area contributed by atoms with E-state index in [1.54, 1.807) is 25.3 Å². The number of hydrogen-bond donors (Lipinski definition) is 1.